The van der Waals surface area contributed by atoms with E-state index in [-0.39, 0.29) is 11.4 Å². The molecule has 0 bridgehead atoms. The Morgan fingerprint density at radius 2 is 2.13 bits per heavy atom. The largest absolute Gasteiger partial charge is 0.504 e. The molecular weight excluding hydrogens is 192 g/mol. The van der Waals surface area contributed by atoms with E-state index in [1.807, 2.05) is 13.0 Å². The van der Waals surface area contributed by atoms with Crippen LogP contribution in [0, 0.1) is 0 Å². The lowest BCUT2D eigenvalue weighted by Crippen LogP contribution is -2.05. The van der Waals surface area contributed by atoms with Gasteiger partial charge in [0.05, 0.1) is 7.11 Å². The van der Waals surface area contributed by atoms with Gasteiger partial charge in [-0.1, -0.05) is 6.07 Å². The van der Waals surface area contributed by atoms with Crippen molar-refractivity contribution < 1.29 is 9.84 Å². The maximum atomic E-state index is 9.56. The lowest BCUT2D eigenvalue weighted by atomic mass is 10.0. The van der Waals surface area contributed by atoms with E-state index < -0.39 is 0 Å². The summed E-state index contributed by atoms with van der Waals surface area (Å²) in [5, 5.41) is 17.5. The van der Waals surface area contributed by atoms with Crippen LogP contribution in [0.25, 0.3) is 0 Å². The van der Waals surface area contributed by atoms with Crippen LogP contribution in [0.5, 0.6) is 11.5 Å². The molecule has 0 atom stereocenters. The molecule has 4 nitrogen and oxygen atoms in total. The third-order valence-electron chi connectivity index (χ3n) is 2.57. The Hall–Kier alpha value is -1.58. The average Bonchev–Trinajstić information content (AvgIpc) is 2.95. The molecule has 4 heteroatoms. The van der Waals surface area contributed by atoms with E-state index in [1.54, 1.807) is 12.1 Å². The van der Waals surface area contributed by atoms with Crippen molar-refractivity contribution in [3.8, 4) is 11.5 Å². The van der Waals surface area contributed by atoms with Crippen molar-refractivity contribution in [2.24, 2.45) is 10.2 Å². The van der Waals surface area contributed by atoms with Crippen LogP contribution in [-0.2, 0) is 6.42 Å². The Kier molecular flexibility index (Phi) is 2.34. The average molecular weight is 206 g/mol. The molecule has 80 valence electrons. The highest BCUT2D eigenvalue weighted by atomic mass is 16.5. The Balaban J connectivity index is 2.00. The van der Waals surface area contributed by atoms with Gasteiger partial charge in [0.2, 0.25) is 0 Å². The number of aromatic hydroxyl groups is 1. The molecule has 15 heavy (non-hydrogen) atoms. The number of rotatable bonds is 4. The van der Waals surface area contributed by atoms with Gasteiger partial charge in [-0.15, -0.1) is 0 Å². The smallest absolute Gasteiger partial charge is 0.188 e. The fourth-order valence-electron chi connectivity index (χ4n) is 1.46. The van der Waals surface area contributed by atoms with Crippen LogP contribution in [0.3, 0.4) is 0 Å². The minimum absolute atomic E-state index is 0.171. The first-order valence-electron chi connectivity index (χ1n) is 4.93. The molecule has 0 saturated heterocycles. The van der Waals surface area contributed by atoms with Crippen LogP contribution < -0.4 is 4.74 Å². The van der Waals surface area contributed by atoms with Crippen molar-refractivity contribution in [1.82, 2.24) is 0 Å². The van der Waals surface area contributed by atoms with E-state index >= 15 is 0 Å². The van der Waals surface area contributed by atoms with Gasteiger partial charge in [0.25, 0.3) is 0 Å². The van der Waals surface area contributed by atoms with E-state index in [9.17, 15) is 5.11 Å². The molecule has 0 fully saturated rings. The maximum Gasteiger partial charge on any atom is 0.188 e. The predicted molar refractivity (Wildman–Crippen MR) is 56.2 cm³/mol. The Morgan fingerprint density at radius 1 is 1.40 bits per heavy atom. The maximum absolute atomic E-state index is 9.56. The van der Waals surface area contributed by atoms with Gasteiger partial charge in [0, 0.05) is 6.42 Å². The number of phenolic OH excluding ortho intramolecular Hbond substituents is 1. The predicted octanol–water partition coefficient (Wildman–Crippen LogP) is 2.52. The highest BCUT2D eigenvalue weighted by Gasteiger charge is 2.32. The molecule has 0 unspecified atom stereocenters. The Labute approximate surface area is 88.6 Å². The topological polar surface area (TPSA) is 54.2 Å². The molecule has 0 aliphatic carbocycles. The summed E-state index contributed by atoms with van der Waals surface area (Å²) in [7, 11) is 1.54. The van der Waals surface area contributed by atoms with Gasteiger partial charge in [-0.2, -0.15) is 10.2 Å². The number of aryl methyl sites for hydroxylation is 1. The molecule has 0 amide bonds. The fraction of sp³-hybridized carbons (Fsp3) is 0.455. The summed E-state index contributed by atoms with van der Waals surface area (Å²) in [6.45, 7) is 2.00. The molecule has 1 aromatic rings. The van der Waals surface area contributed by atoms with Gasteiger partial charge < -0.3 is 9.84 Å². The number of ether oxygens (including phenoxy) is 1. The minimum atomic E-state index is -0.171. The van der Waals surface area contributed by atoms with Crippen LogP contribution in [0.15, 0.2) is 28.4 Å². The first-order valence-corrected chi connectivity index (χ1v) is 4.93. The summed E-state index contributed by atoms with van der Waals surface area (Å²) in [4.78, 5) is 0. The van der Waals surface area contributed by atoms with E-state index in [1.165, 1.54) is 7.11 Å². The quantitative estimate of drug-likeness (QED) is 0.822. The zero-order valence-corrected chi connectivity index (χ0v) is 8.90. The first-order chi connectivity index (χ1) is 7.13. The van der Waals surface area contributed by atoms with Gasteiger partial charge in [0.15, 0.2) is 17.2 Å². The third kappa shape index (κ3) is 2.26. The van der Waals surface area contributed by atoms with E-state index in [0.29, 0.717) is 5.75 Å². The molecule has 1 aliphatic rings. The second-order valence-electron chi connectivity index (χ2n) is 3.92. The monoisotopic (exact) mass is 206 g/mol. The molecule has 0 saturated carbocycles. The van der Waals surface area contributed by atoms with Crippen LogP contribution >= 0.6 is 0 Å². The van der Waals surface area contributed by atoms with E-state index in [4.69, 9.17) is 4.74 Å². The first kappa shape index (κ1) is 9.96. The Morgan fingerprint density at radius 3 is 2.67 bits per heavy atom. The number of hydrogen-bond donors (Lipinski definition) is 1. The summed E-state index contributed by atoms with van der Waals surface area (Å²) in [6.07, 6.45) is 1.75. The molecule has 1 heterocycles. The summed E-state index contributed by atoms with van der Waals surface area (Å²) in [5.41, 5.74) is 0.905. The SMILES string of the molecule is COc1ccc(CCC2(C)N=N2)cc1O. The lowest BCUT2D eigenvalue weighted by molar-refractivity contribution is 0.373. The van der Waals surface area contributed by atoms with Crippen molar-refractivity contribution in [1.29, 1.82) is 0 Å². The van der Waals surface area contributed by atoms with Crippen LogP contribution in [-0.4, -0.2) is 17.9 Å². The molecule has 0 radical (unpaired) electrons. The fourth-order valence-corrected chi connectivity index (χ4v) is 1.46. The normalized spacial score (nSPS) is 16.4. The second-order valence-corrected chi connectivity index (χ2v) is 3.92. The van der Waals surface area contributed by atoms with Crippen molar-refractivity contribution in [2.45, 2.75) is 25.4 Å². The summed E-state index contributed by atoms with van der Waals surface area (Å²) in [6, 6.07) is 5.45. The summed E-state index contributed by atoms with van der Waals surface area (Å²) < 4.78 is 4.97. The van der Waals surface area contributed by atoms with E-state index in [0.717, 1.165) is 18.4 Å². The second kappa shape index (κ2) is 3.53. The number of phenols is 1. The molecule has 0 spiro atoms. The number of hydrogen-bond acceptors (Lipinski definition) is 4. The summed E-state index contributed by atoms with van der Waals surface area (Å²) in [5.74, 6) is 0.690. The van der Waals surface area contributed by atoms with Gasteiger partial charge in [-0.25, -0.2) is 0 Å². The van der Waals surface area contributed by atoms with Gasteiger partial charge in [0.1, 0.15) is 0 Å². The van der Waals surface area contributed by atoms with Crippen LogP contribution in [0.1, 0.15) is 18.9 Å². The standard InChI is InChI=1S/C11H14N2O2/c1-11(12-13-11)6-5-8-3-4-10(15-2)9(14)7-8/h3-4,7,14H,5-6H2,1-2H3. The molecular formula is C11H14N2O2. The lowest BCUT2D eigenvalue weighted by Gasteiger charge is -2.07. The van der Waals surface area contributed by atoms with Gasteiger partial charge in [-0.05, 0) is 31.0 Å². The molecule has 2 rings (SSSR count). The zero-order chi connectivity index (χ0) is 10.9. The van der Waals surface area contributed by atoms with Gasteiger partial charge in [-0.3, -0.25) is 0 Å². The molecule has 1 aromatic carbocycles. The third-order valence-corrected chi connectivity index (χ3v) is 2.57. The van der Waals surface area contributed by atoms with E-state index in [2.05, 4.69) is 10.2 Å². The van der Waals surface area contributed by atoms with Gasteiger partial charge >= 0.3 is 0 Å². The highest BCUT2D eigenvalue weighted by molar-refractivity contribution is 5.41. The van der Waals surface area contributed by atoms with Crippen molar-refractivity contribution in [3.05, 3.63) is 23.8 Å². The van der Waals surface area contributed by atoms with Crippen molar-refractivity contribution in [2.75, 3.05) is 7.11 Å². The summed E-state index contributed by atoms with van der Waals surface area (Å²) >= 11 is 0. The molecule has 1 aliphatic heterocycles. The van der Waals surface area contributed by atoms with Crippen LogP contribution in [0.2, 0.25) is 0 Å². The highest BCUT2D eigenvalue weighted by Crippen LogP contribution is 2.33. The number of nitrogens with zero attached hydrogens (tertiary/aromatic N) is 2. The van der Waals surface area contributed by atoms with Crippen molar-refractivity contribution in [3.63, 3.8) is 0 Å². The molecule has 1 N–H and O–H groups in total. The minimum Gasteiger partial charge on any atom is -0.504 e. The Bertz CT molecular complexity index is 396. The number of benzene rings is 1. The van der Waals surface area contributed by atoms with Crippen LogP contribution in [0.4, 0.5) is 0 Å². The van der Waals surface area contributed by atoms with Crippen molar-refractivity contribution >= 4 is 0 Å². The zero-order valence-electron chi connectivity index (χ0n) is 8.90. The number of methoxy groups -OCH3 is 1. The molecule has 0 aromatic heterocycles.